The SMILES string of the molecule is Nc1cc([N+](=O)[O-])c(OC2CC2)cn1. The van der Waals surface area contributed by atoms with Crippen molar-refractivity contribution in [2.45, 2.75) is 18.9 Å². The van der Waals surface area contributed by atoms with E-state index in [0.717, 1.165) is 12.8 Å². The first-order valence-corrected chi connectivity index (χ1v) is 4.23. The summed E-state index contributed by atoms with van der Waals surface area (Å²) in [6.07, 6.45) is 3.30. The number of pyridine rings is 1. The van der Waals surface area contributed by atoms with Gasteiger partial charge in [0.25, 0.3) is 0 Å². The fourth-order valence-corrected chi connectivity index (χ4v) is 1.05. The van der Waals surface area contributed by atoms with E-state index in [0.29, 0.717) is 0 Å². The number of ether oxygens (including phenoxy) is 1. The zero-order valence-electron chi connectivity index (χ0n) is 7.34. The molecule has 74 valence electrons. The molecule has 1 aliphatic carbocycles. The maximum atomic E-state index is 10.6. The third-order valence-corrected chi connectivity index (χ3v) is 1.88. The highest BCUT2D eigenvalue weighted by Crippen LogP contribution is 2.33. The number of nitrogen functional groups attached to an aromatic ring is 1. The molecule has 0 amide bonds. The van der Waals surface area contributed by atoms with E-state index in [9.17, 15) is 10.1 Å². The summed E-state index contributed by atoms with van der Waals surface area (Å²) < 4.78 is 5.31. The number of hydrogen-bond acceptors (Lipinski definition) is 5. The minimum absolute atomic E-state index is 0.110. The Labute approximate surface area is 79.8 Å². The Morgan fingerprint density at radius 2 is 2.36 bits per heavy atom. The third kappa shape index (κ3) is 1.73. The second kappa shape index (κ2) is 3.13. The van der Waals surface area contributed by atoms with Crippen LogP contribution in [-0.4, -0.2) is 16.0 Å². The molecule has 6 heteroatoms. The van der Waals surface area contributed by atoms with Gasteiger partial charge in [-0.2, -0.15) is 0 Å². The number of hydrogen-bond donors (Lipinski definition) is 1. The molecule has 0 radical (unpaired) electrons. The summed E-state index contributed by atoms with van der Waals surface area (Å²) in [7, 11) is 0. The van der Waals surface area contributed by atoms with Crippen LogP contribution in [0.4, 0.5) is 11.5 Å². The monoisotopic (exact) mass is 195 g/mol. The lowest BCUT2D eigenvalue weighted by Crippen LogP contribution is -2.02. The molecule has 0 aliphatic heterocycles. The molecule has 0 spiro atoms. The van der Waals surface area contributed by atoms with Crippen LogP contribution in [0, 0.1) is 10.1 Å². The van der Waals surface area contributed by atoms with Gasteiger partial charge in [0.1, 0.15) is 5.82 Å². The van der Waals surface area contributed by atoms with E-state index in [1.807, 2.05) is 0 Å². The van der Waals surface area contributed by atoms with Gasteiger partial charge in [-0.15, -0.1) is 0 Å². The van der Waals surface area contributed by atoms with Gasteiger partial charge in [0, 0.05) is 0 Å². The minimum atomic E-state index is -0.518. The first-order valence-electron chi connectivity index (χ1n) is 4.23. The summed E-state index contributed by atoms with van der Waals surface area (Å²) in [6.45, 7) is 0. The molecule has 0 atom stereocenters. The normalized spacial score (nSPS) is 15.1. The smallest absolute Gasteiger partial charge is 0.316 e. The second-order valence-electron chi connectivity index (χ2n) is 3.15. The molecule has 1 fully saturated rings. The van der Waals surface area contributed by atoms with Crippen molar-refractivity contribution in [3.8, 4) is 5.75 Å². The average molecular weight is 195 g/mol. The van der Waals surface area contributed by atoms with E-state index in [1.165, 1.54) is 12.3 Å². The molecule has 0 saturated heterocycles. The predicted octanol–water partition coefficient (Wildman–Crippen LogP) is 1.11. The molecule has 6 nitrogen and oxygen atoms in total. The Morgan fingerprint density at radius 3 is 2.93 bits per heavy atom. The molecule has 1 heterocycles. The molecule has 2 N–H and O–H groups in total. The van der Waals surface area contributed by atoms with E-state index in [4.69, 9.17) is 10.5 Å². The van der Waals surface area contributed by atoms with E-state index in [2.05, 4.69) is 4.98 Å². The number of rotatable bonds is 3. The summed E-state index contributed by atoms with van der Waals surface area (Å²) in [5, 5.41) is 10.6. The zero-order valence-corrected chi connectivity index (χ0v) is 7.34. The van der Waals surface area contributed by atoms with Crippen LogP contribution in [0.2, 0.25) is 0 Å². The van der Waals surface area contributed by atoms with Crippen molar-refractivity contribution in [1.82, 2.24) is 4.98 Å². The summed E-state index contributed by atoms with van der Waals surface area (Å²) in [4.78, 5) is 13.9. The number of nitro groups is 1. The van der Waals surface area contributed by atoms with Crippen molar-refractivity contribution in [1.29, 1.82) is 0 Å². The van der Waals surface area contributed by atoms with E-state index < -0.39 is 4.92 Å². The minimum Gasteiger partial charge on any atom is -0.482 e. The third-order valence-electron chi connectivity index (χ3n) is 1.88. The van der Waals surface area contributed by atoms with Crippen LogP contribution >= 0.6 is 0 Å². The standard InChI is InChI=1S/C8H9N3O3/c9-8-3-6(11(12)13)7(4-10-8)14-5-1-2-5/h3-5H,1-2H2,(H2,9,10). The number of anilines is 1. The number of nitrogens with two attached hydrogens (primary N) is 1. The summed E-state index contributed by atoms with van der Waals surface area (Å²) in [5.74, 6) is 0.326. The molecule has 0 unspecified atom stereocenters. The van der Waals surface area contributed by atoms with E-state index in [1.54, 1.807) is 0 Å². The lowest BCUT2D eigenvalue weighted by atomic mass is 10.3. The Bertz CT molecular complexity index is 376. The highest BCUT2D eigenvalue weighted by Gasteiger charge is 2.27. The van der Waals surface area contributed by atoms with Gasteiger partial charge in [0.2, 0.25) is 5.75 Å². The number of aromatic nitrogens is 1. The van der Waals surface area contributed by atoms with Crippen LogP contribution < -0.4 is 10.5 Å². The van der Waals surface area contributed by atoms with Gasteiger partial charge in [0.05, 0.1) is 23.3 Å². The quantitative estimate of drug-likeness (QED) is 0.576. The van der Waals surface area contributed by atoms with E-state index in [-0.39, 0.29) is 23.4 Å². The van der Waals surface area contributed by atoms with Gasteiger partial charge in [0.15, 0.2) is 0 Å². The first kappa shape index (κ1) is 8.74. The average Bonchev–Trinajstić information content (AvgIpc) is 2.91. The van der Waals surface area contributed by atoms with Crippen LogP contribution in [0.15, 0.2) is 12.3 Å². The Balaban J connectivity index is 2.31. The van der Waals surface area contributed by atoms with Crippen molar-refractivity contribution in [3.05, 3.63) is 22.4 Å². The van der Waals surface area contributed by atoms with Crippen molar-refractivity contribution in [3.63, 3.8) is 0 Å². The van der Waals surface area contributed by atoms with Crippen molar-refractivity contribution in [2.24, 2.45) is 0 Å². The van der Waals surface area contributed by atoms with Crippen LogP contribution in [0.3, 0.4) is 0 Å². The number of nitrogens with zero attached hydrogens (tertiary/aromatic N) is 2. The van der Waals surface area contributed by atoms with Gasteiger partial charge in [-0.05, 0) is 12.8 Å². The topological polar surface area (TPSA) is 91.3 Å². The summed E-state index contributed by atoms with van der Waals surface area (Å²) in [5.41, 5.74) is 5.22. The molecule has 1 aromatic heterocycles. The van der Waals surface area contributed by atoms with Crippen LogP contribution in [-0.2, 0) is 0 Å². The van der Waals surface area contributed by atoms with Crippen LogP contribution in [0.1, 0.15) is 12.8 Å². The van der Waals surface area contributed by atoms with Crippen molar-refractivity contribution >= 4 is 11.5 Å². The van der Waals surface area contributed by atoms with Gasteiger partial charge in [-0.1, -0.05) is 0 Å². The van der Waals surface area contributed by atoms with Crippen molar-refractivity contribution < 1.29 is 9.66 Å². The summed E-state index contributed by atoms with van der Waals surface area (Å²) >= 11 is 0. The largest absolute Gasteiger partial charge is 0.482 e. The molecule has 1 saturated carbocycles. The molecule has 0 aromatic carbocycles. The Morgan fingerprint density at radius 1 is 1.64 bits per heavy atom. The van der Waals surface area contributed by atoms with Crippen LogP contribution in [0.25, 0.3) is 0 Å². The predicted molar refractivity (Wildman–Crippen MR) is 49.0 cm³/mol. The maximum Gasteiger partial charge on any atom is 0.316 e. The lowest BCUT2D eigenvalue weighted by Gasteiger charge is -2.04. The second-order valence-corrected chi connectivity index (χ2v) is 3.15. The lowest BCUT2D eigenvalue weighted by molar-refractivity contribution is -0.385. The van der Waals surface area contributed by atoms with E-state index >= 15 is 0 Å². The Kier molecular flexibility index (Phi) is 1.95. The maximum absolute atomic E-state index is 10.6. The molecular weight excluding hydrogens is 186 g/mol. The van der Waals surface area contributed by atoms with Gasteiger partial charge >= 0.3 is 5.69 Å². The fourth-order valence-electron chi connectivity index (χ4n) is 1.05. The highest BCUT2D eigenvalue weighted by atomic mass is 16.6. The summed E-state index contributed by atoms with van der Waals surface area (Å²) in [6, 6.07) is 1.21. The fraction of sp³-hybridized carbons (Fsp3) is 0.375. The first-order chi connectivity index (χ1) is 6.66. The van der Waals surface area contributed by atoms with Crippen LogP contribution in [0.5, 0.6) is 5.75 Å². The Hall–Kier alpha value is -1.85. The molecule has 2 rings (SSSR count). The molecule has 14 heavy (non-hydrogen) atoms. The zero-order chi connectivity index (χ0) is 10.1. The molecule has 1 aromatic rings. The van der Waals surface area contributed by atoms with Gasteiger partial charge < -0.3 is 10.5 Å². The highest BCUT2D eigenvalue weighted by molar-refractivity contribution is 5.51. The molecule has 1 aliphatic rings. The molecule has 0 bridgehead atoms. The molecular formula is C8H9N3O3. The van der Waals surface area contributed by atoms with Gasteiger partial charge in [-0.25, -0.2) is 4.98 Å². The van der Waals surface area contributed by atoms with Gasteiger partial charge in [-0.3, -0.25) is 10.1 Å². The van der Waals surface area contributed by atoms with Crippen molar-refractivity contribution in [2.75, 3.05) is 5.73 Å².